The third-order valence-electron chi connectivity index (χ3n) is 5.34. The summed E-state index contributed by atoms with van der Waals surface area (Å²) in [6.45, 7) is 4.50. The number of benzene rings is 1. The number of para-hydroxylation sites is 2. The van der Waals surface area contributed by atoms with Gasteiger partial charge in [0, 0.05) is 19.1 Å². The number of ether oxygens (including phenoxy) is 2. The molecular weight excluding hydrogens is 316 g/mol. The standard InChI is InChI=1S/C20H30N2O3/c1-24-18-9-2-3-10-19(18)25-16-20(23)22-14-5-4-8-17(22)11-15-21-12-6-7-13-21/h2-3,9-10,17H,4-8,11-16H2,1H3. The van der Waals surface area contributed by atoms with E-state index in [4.69, 9.17) is 9.47 Å². The highest BCUT2D eigenvalue weighted by Gasteiger charge is 2.27. The van der Waals surface area contributed by atoms with Crippen LogP contribution in [0.4, 0.5) is 0 Å². The summed E-state index contributed by atoms with van der Waals surface area (Å²) in [6.07, 6.45) is 7.16. The Kier molecular flexibility index (Phi) is 6.56. The van der Waals surface area contributed by atoms with Crippen molar-refractivity contribution in [2.45, 2.75) is 44.6 Å². The van der Waals surface area contributed by atoms with E-state index in [1.165, 1.54) is 32.4 Å². The lowest BCUT2D eigenvalue weighted by molar-refractivity contribution is -0.137. The van der Waals surface area contributed by atoms with Gasteiger partial charge in [-0.3, -0.25) is 4.79 Å². The second-order valence-corrected chi connectivity index (χ2v) is 7.01. The summed E-state index contributed by atoms with van der Waals surface area (Å²) in [5.74, 6) is 1.39. The minimum absolute atomic E-state index is 0.0839. The maximum Gasteiger partial charge on any atom is 0.260 e. The number of piperidine rings is 1. The Morgan fingerprint density at radius 2 is 1.80 bits per heavy atom. The Labute approximate surface area is 150 Å². The van der Waals surface area contributed by atoms with Crippen LogP contribution >= 0.6 is 0 Å². The quantitative estimate of drug-likeness (QED) is 0.761. The zero-order valence-electron chi connectivity index (χ0n) is 15.3. The third-order valence-corrected chi connectivity index (χ3v) is 5.34. The molecular formula is C20H30N2O3. The topological polar surface area (TPSA) is 42.0 Å². The zero-order chi connectivity index (χ0) is 17.5. The molecule has 1 aromatic rings. The molecule has 0 aromatic heterocycles. The number of amides is 1. The zero-order valence-corrected chi connectivity index (χ0v) is 15.3. The number of rotatable bonds is 7. The smallest absolute Gasteiger partial charge is 0.260 e. The SMILES string of the molecule is COc1ccccc1OCC(=O)N1CCCCC1CCN1CCCC1. The number of nitrogens with zero attached hydrogens (tertiary/aromatic N) is 2. The summed E-state index contributed by atoms with van der Waals surface area (Å²) >= 11 is 0. The van der Waals surface area contributed by atoms with Crippen molar-refractivity contribution in [3.63, 3.8) is 0 Å². The number of carbonyl (C=O) groups is 1. The van der Waals surface area contributed by atoms with E-state index in [0.717, 1.165) is 32.4 Å². The van der Waals surface area contributed by atoms with Crippen molar-refractivity contribution >= 4 is 5.91 Å². The van der Waals surface area contributed by atoms with Crippen molar-refractivity contribution < 1.29 is 14.3 Å². The van der Waals surface area contributed by atoms with E-state index in [0.29, 0.717) is 17.5 Å². The Morgan fingerprint density at radius 3 is 2.56 bits per heavy atom. The maximum absolute atomic E-state index is 12.7. The maximum atomic E-state index is 12.7. The van der Waals surface area contributed by atoms with Gasteiger partial charge in [0.1, 0.15) is 0 Å². The van der Waals surface area contributed by atoms with Crippen LogP contribution in [-0.4, -0.2) is 61.6 Å². The molecule has 0 radical (unpaired) electrons. The van der Waals surface area contributed by atoms with Crippen LogP contribution in [0, 0.1) is 0 Å². The van der Waals surface area contributed by atoms with E-state index >= 15 is 0 Å². The fourth-order valence-electron chi connectivity index (χ4n) is 3.93. The van der Waals surface area contributed by atoms with Gasteiger partial charge in [-0.1, -0.05) is 12.1 Å². The van der Waals surface area contributed by atoms with E-state index in [2.05, 4.69) is 9.80 Å². The van der Waals surface area contributed by atoms with Gasteiger partial charge in [-0.25, -0.2) is 0 Å². The summed E-state index contributed by atoms with van der Waals surface area (Å²) in [6, 6.07) is 7.84. The Hall–Kier alpha value is -1.75. The van der Waals surface area contributed by atoms with Gasteiger partial charge in [0.2, 0.25) is 0 Å². The molecule has 0 aliphatic carbocycles. The highest BCUT2D eigenvalue weighted by Crippen LogP contribution is 2.26. The molecule has 2 fully saturated rings. The van der Waals surface area contributed by atoms with Crippen LogP contribution in [0.2, 0.25) is 0 Å². The molecule has 3 rings (SSSR count). The molecule has 0 spiro atoms. The summed E-state index contributed by atoms with van der Waals surface area (Å²) in [4.78, 5) is 17.3. The lowest BCUT2D eigenvalue weighted by Gasteiger charge is -2.36. The van der Waals surface area contributed by atoms with Crippen molar-refractivity contribution in [1.82, 2.24) is 9.80 Å². The Morgan fingerprint density at radius 1 is 1.08 bits per heavy atom. The highest BCUT2D eigenvalue weighted by atomic mass is 16.5. The average Bonchev–Trinajstić information content (AvgIpc) is 3.18. The van der Waals surface area contributed by atoms with Crippen LogP contribution in [0.5, 0.6) is 11.5 Å². The first-order valence-corrected chi connectivity index (χ1v) is 9.55. The molecule has 2 aliphatic heterocycles. The molecule has 1 amide bonds. The summed E-state index contributed by atoms with van der Waals surface area (Å²) < 4.78 is 11.0. The second kappa shape index (κ2) is 9.09. The fraction of sp³-hybridized carbons (Fsp3) is 0.650. The molecule has 2 heterocycles. The molecule has 5 heteroatoms. The number of hydrogen-bond acceptors (Lipinski definition) is 4. The van der Waals surface area contributed by atoms with E-state index in [1.54, 1.807) is 7.11 Å². The van der Waals surface area contributed by atoms with Crippen molar-refractivity contribution in [1.29, 1.82) is 0 Å². The minimum Gasteiger partial charge on any atom is -0.493 e. The first kappa shape index (κ1) is 18.1. The van der Waals surface area contributed by atoms with Crippen LogP contribution in [0.3, 0.4) is 0 Å². The number of methoxy groups -OCH3 is 1. The van der Waals surface area contributed by atoms with Crippen molar-refractivity contribution in [3.8, 4) is 11.5 Å². The van der Waals surface area contributed by atoms with E-state index in [1.807, 2.05) is 24.3 Å². The molecule has 1 atom stereocenters. The highest BCUT2D eigenvalue weighted by molar-refractivity contribution is 5.78. The van der Waals surface area contributed by atoms with E-state index in [9.17, 15) is 4.79 Å². The number of hydrogen-bond donors (Lipinski definition) is 0. The molecule has 0 N–H and O–H groups in total. The van der Waals surface area contributed by atoms with Gasteiger partial charge in [-0.2, -0.15) is 0 Å². The molecule has 1 aromatic carbocycles. The minimum atomic E-state index is 0.0839. The first-order chi connectivity index (χ1) is 12.3. The summed E-state index contributed by atoms with van der Waals surface area (Å²) in [5.41, 5.74) is 0. The fourth-order valence-corrected chi connectivity index (χ4v) is 3.93. The van der Waals surface area contributed by atoms with Crippen LogP contribution < -0.4 is 9.47 Å². The van der Waals surface area contributed by atoms with Gasteiger partial charge in [0.25, 0.3) is 5.91 Å². The Bertz CT molecular complexity index is 558. The van der Waals surface area contributed by atoms with E-state index < -0.39 is 0 Å². The molecule has 2 saturated heterocycles. The van der Waals surface area contributed by atoms with Crippen LogP contribution in [-0.2, 0) is 4.79 Å². The molecule has 1 unspecified atom stereocenters. The predicted molar refractivity (Wildman–Crippen MR) is 98.1 cm³/mol. The number of likely N-dealkylation sites (tertiary alicyclic amines) is 2. The summed E-state index contributed by atoms with van der Waals surface area (Å²) in [5, 5.41) is 0. The summed E-state index contributed by atoms with van der Waals surface area (Å²) in [7, 11) is 1.61. The van der Waals surface area contributed by atoms with Crippen LogP contribution in [0.25, 0.3) is 0 Å². The monoisotopic (exact) mass is 346 g/mol. The van der Waals surface area contributed by atoms with Gasteiger partial charge >= 0.3 is 0 Å². The molecule has 25 heavy (non-hydrogen) atoms. The number of carbonyl (C=O) groups excluding carboxylic acids is 1. The average molecular weight is 346 g/mol. The lowest BCUT2D eigenvalue weighted by Crippen LogP contribution is -2.47. The van der Waals surface area contributed by atoms with Crippen LogP contribution in [0.15, 0.2) is 24.3 Å². The van der Waals surface area contributed by atoms with Gasteiger partial charge in [-0.05, 0) is 63.7 Å². The van der Waals surface area contributed by atoms with Crippen molar-refractivity contribution in [3.05, 3.63) is 24.3 Å². The van der Waals surface area contributed by atoms with Crippen LogP contribution in [0.1, 0.15) is 38.5 Å². The Balaban J connectivity index is 1.52. The third kappa shape index (κ3) is 4.88. The lowest BCUT2D eigenvalue weighted by atomic mass is 9.99. The van der Waals surface area contributed by atoms with Gasteiger partial charge in [0.05, 0.1) is 7.11 Å². The van der Waals surface area contributed by atoms with Crippen molar-refractivity contribution in [2.75, 3.05) is 39.9 Å². The second-order valence-electron chi connectivity index (χ2n) is 7.01. The molecule has 138 valence electrons. The normalized spacial score (nSPS) is 21.3. The van der Waals surface area contributed by atoms with E-state index in [-0.39, 0.29) is 12.5 Å². The largest absolute Gasteiger partial charge is 0.493 e. The molecule has 0 saturated carbocycles. The first-order valence-electron chi connectivity index (χ1n) is 9.55. The van der Waals surface area contributed by atoms with Gasteiger partial charge < -0.3 is 19.3 Å². The molecule has 2 aliphatic rings. The van der Waals surface area contributed by atoms with Crippen molar-refractivity contribution in [2.24, 2.45) is 0 Å². The molecule has 0 bridgehead atoms. The van der Waals surface area contributed by atoms with Gasteiger partial charge in [0.15, 0.2) is 18.1 Å². The predicted octanol–water partition coefficient (Wildman–Crippen LogP) is 2.94. The molecule has 5 nitrogen and oxygen atoms in total. The van der Waals surface area contributed by atoms with Gasteiger partial charge in [-0.15, -0.1) is 0 Å².